The van der Waals surface area contributed by atoms with Crippen molar-refractivity contribution < 1.29 is 19.4 Å². The number of ether oxygens (including phenoxy) is 1. The zero-order chi connectivity index (χ0) is 16.7. The Balaban J connectivity index is 3.11. The molecule has 8 nitrogen and oxygen atoms in total. The van der Waals surface area contributed by atoms with Crippen molar-refractivity contribution in [2.75, 3.05) is 5.75 Å². The topological polar surface area (TPSA) is 113 Å². The first-order valence-electron chi connectivity index (χ1n) is 6.53. The summed E-state index contributed by atoms with van der Waals surface area (Å²) in [4.78, 5) is 32.1. The standard InChI is InChI=1S/C13H16N2O6S/c1-3-8-22-13(15(19)20)12(21-9(2)16)10-4-6-11(7-5-10)14(17)18/h4-7,12-13H,3,8H2,1-2H3/t12-,13-/m1/s1. The molecule has 0 aromatic heterocycles. The van der Waals surface area contributed by atoms with E-state index < -0.39 is 27.3 Å². The van der Waals surface area contributed by atoms with Crippen LogP contribution >= 0.6 is 11.8 Å². The fraction of sp³-hybridized carbons (Fsp3) is 0.462. The lowest BCUT2D eigenvalue weighted by Crippen LogP contribution is -2.28. The summed E-state index contributed by atoms with van der Waals surface area (Å²) in [5.74, 6) is -0.108. The fourth-order valence-corrected chi connectivity index (χ4v) is 2.74. The van der Waals surface area contributed by atoms with Gasteiger partial charge in [-0.05, 0) is 24.3 Å². The normalized spacial score (nSPS) is 13.2. The van der Waals surface area contributed by atoms with Crippen LogP contribution in [0.1, 0.15) is 31.9 Å². The zero-order valence-electron chi connectivity index (χ0n) is 12.1. The van der Waals surface area contributed by atoms with E-state index in [1.807, 2.05) is 6.92 Å². The number of nitro groups is 2. The molecule has 9 heteroatoms. The summed E-state index contributed by atoms with van der Waals surface area (Å²) in [6.45, 7) is 3.05. The molecule has 0 amide bonds. The summed E-state index contributed by atoms with van der Waals surface area (Å²) in [6, 6.07) is 5.20. The van der Waals surface area contributed by atoms with Gasteiger partial charge in [-0.1, -0.05) is 18.7 Å². The molecule has 0 N–H and O–H groups in total. The van der Waals surface area contributed by atoms with Gasteiger partial charge in [0.2, 0.25) is 6.10 Å². The van der Waals surface area contributed by atoms with E-state index >= 15 is 0 Å². The zero-order valence-corrected chi connectivity index (χ0v) is 12.9. The summed E-state index contributed by atoms with van der Waals surface area (Å²) in [6.07, 6.45) is -0.355. The van der Waals surface area contributed by atoms with Gasteiger partial charge in [0.1, 0.15) is 0 Å². The number of esters is 1. The molecule has 0 aliphatic rings. The minimum atomic E-state index is -1.16. The van der Waals surface area contributed by atoms with E-state index in [-0.39, 0.29) is 5.69 Å². The van der Waals surface area contributed by atoms with Gasteiger partial charge < -0.3 is 4.74 Å². The second-order valence-corrected chi connectivity index (χ2v) is 5.65. The molecule has 0 spiro atoms. The molecular formula is C13H16N2O6S. The average Bonchev–Trinajstić information content (AvgIpc) is 2.45. The average molecular weight is 328 g/mol. The molecule has 0 unspecified atom stereocenters. The molecule has 0 fully saturated rings. The highest BCUT2D eigenvalue weighted by Crippen LogP contribution is 2.32. The Morgan fingerprint density at radius 2 is 1.86 bits per heavy atom. The van der Waals surface area contributed by atoms with E-state index in [1.165, 1.54) is 31.2 Å². The molecule has 1 aromatic rings. The van der Waals surface area contributed by atoms with Crippen LogP contribution in [0.15, 0.2) is 24.3 Å². The Morgan fingerprint density at radius 1 is 1.27 bits per heavy atom. The maximum Gasteiger partial charge on any atom is 0.303 e. The van der Waals surface area contributed by atoms with E-state index in [1.54, 1.807) is 0 Å². The third-order valence-electron chi connectivity index (χ3n) is 2.68. The highest BCUT2D eigenvalue weighted by atomic mass is 32.2. The van der Waals surface area contributed by atoms with E-state index in [9.17, 15) is 25.0 Å². The van der Waals surface area contributed by atoms with Gasteiger partial charge in [0.05, 0.1) is 4.92 Å². The summed E-state index contributed by atoms with van der Waals surface area (Å²) in [5.41, 5.74) is 0.218. The first-order valence-corrected chi connectivity index (χ1v) is 7.58. The SMILES string of the molecule is CCCS[C@H]([C@H](OC(C)=O)c1ccc([N+](=O)[O-])cc1)[N+](=O)[O-]. The number of carbonyl (C=O) groups excluding carboxylic acids is 1. The fourth-order valence-electron chi connectivity index (χ4n) is 1.75. The van der Waals surface area contributed by atoms with Crippen molar-refractivity contribution in [2.24, 2.45) is 0 Å². The highest BCUT2D eigenvalue weighted by Gasteiger charge is 2.36. The van der Waals surface area contributed by atoms with Crippen LogP contribution in [0.5, 0.6) is 0 Å². The lowest BCUT2D eigenvalue weighted by Gasteiger charge is -2.20. The van der Waals surface area contributed by atoms with Gasteiger partial charge in [0.15, 0.2) is 0 Å². The van der Waals surface area contributed by atoms with Crippen LogP contribution < -0.4 is 0 Å². The van der Waals surface area contributed by atoms with Crippen molar-refractivity contribution in [1.29, 1.82) is 0 Å². The predicted molar refractivity (Wildman–Crippen MR) is 81.1 cm³/mol. The van der Waals surface area contributed by atoms with E-state index in [0.717, 1.165) is 18.2 Å². The molecule has 1 aromatic carbocycles. The molecule has 22 heavy (non-hydrogen) atoms. The predicted octanol–water partition coefficient (Wildman–Crippen LogP) is 2.95. The van der Waals surface area contributed by atoms with Crippen LogP contribution in [0.25, 0.3) is 0 Å². The lowest BCUT2D eigenvalue weighted by molar-refractivity contribution is -0.507. The van der Waals surface area contributed by atoms with Crippen molar-refractivity contribution in [3.05, 3.63) is 50.1 Å². The van der Waals surface area contributed by atoms with Crippen LogP contribution in [-0.2, 0) is 9.53 Å². The quantitative estimate of drug-likeness (QED) is 0.312. The molecule has 2 atom stereocenters. The minimum absolute atomic E-state index is 0.135. The Kier molecular flexibility index (Phi) is 6.77. The highest BCUT2D eigenvalue weighted by molar-refractivity contribution is 7.99. The number of thioether (sulfide) groups is 1. The summed E-state index contributed by atoms with van der Waals surface area (Å²) < 4.78 is 5.09. The molecule has 1 rings (SSSR count). The van der Waals surface area contributed by atoms with E-state index in [2.05, 4.69) is 0 Å². The first-order chi connectivity index (χ1) is 10.4. The minimum Gasteiger partial charge on any atom is -0.449 e. The van der Waals surface area contributed by atoms with E-state index in [0.29, 0.717) is 11.3 Å². The van der Waals surface area contributed by atoms with Crippen molar-refractivity contribution in [1.82, 2.24) is 0 Å². The third kappa shape index (κ3) is 4.99. The first kappa shape index (κ1) is 17.9. The second-order valence-electron chi connectivity index (χ2n) is 4.43. The number of hydrogen-bond acceptors (Lipinski definition) is 7. The number of non-ortho nitro benzene ring substituents is 1. The van der Waals surface area contributed by atoms with Crippen molar-refractivity contribution in [2.45, 2.75) is 31.7 Å². The molecule has 120 valence electrons. The van der Waals surface area contributed by atoms with E-state index in [4.69, 9.17) is 4.74 Å². The number of benzene rings is 1. The summed E-state index contributed by atoms with van der Waals surface area (Å²) in [5, 5.41) is 20.8. The van der Waals surface area contributed by atoms with Crippen molar-refractivity contribution in [3.8, 4) is 0 Å². The van der Waals surface area contributed by atoms with Crippen LogP contribution in [0.2, 0.25) is 0 Å². The van der Waals surface area contributed by atoms with Crippen LogP contribution in [-0.4, -0.2) is 26.9 Å². The molecular weight excluding hydrogens is 312 g/mol. The Bertz CT molecular complexity index is 548. The van der Waals surface area contributed by atoms with Crippen molar-refractivity contribution >= 4 is 23.4 Å². The van der Waals surface area contributed by atoms with Gasteiger partial charge in [-0.3, -0.25) is 25.0 Å². The summed E-state index contributed by atoms with van der Waals surface area (Å²) >= 11 is 1.07. The number of nitrogens with zero attached hydrogens (tertiary/aromatic N) is 2. The van der Waals surface area contributed by atoms with Gasteiger partial charge in [-0.25, -0.2) is 0 Å². The van der Waals surface area contributed by atoms with Crippen LogP contribution in [0, 0.1) is 20.2 Å². The smallest absolute Gasteiger partial charge is 0.303 e. The molecule has 0 aliphatic heterocycles. The molecule has 0 saturated heterocycles. The maximum atomic E-state index is 11.3. The largest absolute Gasteiger partial charge is 0.449 e. The number of carbonyl (C=O) groups is 1. The Morgan fingerprint density at radius 3 is 2.27 bits per heavy atom. The monoisotopic (exact) mass is 328 g/mol. The van der Waals surface area contributed by atoms with Gasteiger partial charge in [0.25, 0.3) is 11.1 Å². The molecule has 0 bridgehead atoms. The second kappa shape index (κ2) is 8.32. The lowest BCUT2D eigenvalue weighted by atomic mass is 10.1. The Hall–Kier alpha value is -2.16. The van der Waals surface area contributed by atoms with Crippen LogP contribution in [0.3, 0.4) is 0 Å². The van der Waals surface area contributed by atoms with Gasteiger partial charge >= 0.3 is 5.97 Å². The van der Waals surface area contributed by atoms with Gasteiger partial charge in [-0.2, -0.15) is 0 Å². The number of hydrogen-bond donors (Lipinski definition) is 0. The van der Waals surface area contributed by atoms with Crippen molar-refractivity contribution in [3.63, 3.8) is 0 Å². The number of rotatable bonds is 8. The van der Waals surface area contributed by atoms with Gasteiger partial charge in [-0.15, -0.1) is 0 Å². The van der Waals surface area contributed by atoms with Crippen LogP contribution in [0.4, 0.5) is 5.69 Å². The third-order valence-corrected chi connectivity index (χ3v) is 4.09. The summed E-state index contributed by atoms with van der Waals surface area (Å²) in [7, 11) is 0. The molecule has 0 saturated carbocycles. The maximum absolute atomic E-state index is 11.3. The number of nitro benzene ring substituents is 1. The molecule has 0 aliphatic carbocycles. The Labute approximate surface area is 131 Å². The molecule has 0 heterocycles. The molecule has 0 radical (unpaired) electrons. The van der Waals surface area contributed by atoms with Gasteiger partial charge in [0, 0.05) is 29.5 Å².